The normalized spacial score (nSPS) is 26.8. The van der Waals surface area contributed by atoms with Crippen LogP contribution in [0.4, 0.5) is 0 Å². The second-order valence-electron chi connectivity index (χ2n) is 4.93. The van der Waals surface area contributed by atoms with E-state index in [0.717, 1.165) is 12.5 Å². The maximum atomic E-state index is 5.72. The predicted octanol–water partition coefficient (Wildman–Crippen LogP) is 0.997. The third-order valence-electron chi connectivity index (χ3n) is 3.81. The molecule has 1 fully saturated rings. The minimum absolute atomic E-state index is 0.705. The van der Waals surface area contributed by atoms with Crippen LogP contribution >= 0.6 is 0 Å². The van der Waals surface area contributed by atoms with Crippen molar-refractivity contribution in [2.75, 3.05) is 39.8 Å². The Kier molecular flexibility index (Phi) is 5.58. The molecule has 0 amide bonds. The summed E-state index contributed by atoms with van der Waals surface area (Å²) in [4.78, 5) is 5.03. The fourth-order valence-electron chi connectivity index (χ4n) is 2.18. The summed E-state index contributed by atoms with van der Waals surface area (Å²) in [5, 5.41) is 0. The van der Waals surface area contributed by atoms with E-state index in [0.29, 0.717) is 6.04 Å². The largest absolute Gasteiger partial charge is 0.330 e. The lowest BCUT2D eigenvalue weighted by atomic mass is 10.0. The first kappa shape index (κ1) is 12.9. The van der Waals surface area contributed by atoms with Gasteiger partial charge in [-0.05, 0) is 39.4 Å². The molecule has 0 aromatic rings. The summed E-state index contributed by atoms with van der Waals surface area (Å²) < 4.78 is 0. The molecule has 0 aromatic carbocycles. The van der Waals surface area contributed by atoms with Crippen molar-refractivity contribution in [3.63, 3.8) is 0 Å². The van der Waals surface area contributed by atoms with Crippen LogP contribution in [-0.4, -0.2) is 55.6 Å². The molecule has 0 saturated carbocycles. The van der Waals surface area contributed by atoms with Crippen molar-refractivity contribution in [2.24, 2.45) is 11.7 Å². The van der Waals surface area contributed by atoms with Gasteiger partial charge in [0.05, 0.1) is 0 Å². The van der Waals surface area contributed by atoms with E-state index in [1.807, 2.05) is 0 Å². The van der Waals surface area contributed by atoms with E-state index in [4.69, 9.17) is 5.73 Å². The Labute approximate surface area is 94.6 Å². The Balaban J connectivity index is 2.22. The van der Waals surface area contributed by atoms with E-state index >= 15 is 0 Å². The molecular formula is C12H27N3. The van der Waals surface area contributed by atoms with Gasteiger partial charge < -0.3 is 15.5 Å². The summed E-state index contributed by atoms with van der Waals surface area (Å²) in [6.07, 6.45) is 2.49. The van der Waals surface area contributed by atoms with Crippen LogP contribution in [0.3, 0.4) is 0 Å². The van der Waals surface area contributed by atoms with Gasteiger partial charge >= 0.3 is 0 Å². The van der Waals surface area contributed by atoms with Crippen molar-refractivity contribution >= 4 is 0 Å². The second-order valence-corrected chi connectivity index (χ2v) is 4.93. The van der Waals surface area contributed by atoms with Gasteiger partial charge in [-0.15, -0.1) is 0 Å². The van der Waals surface area contributed by atoms with E-state index in [1.165, 1.54) is 39.0 Å². The zero-order valence-corrected chi connectivity index (χ0v) is 10.6. The summed E-state index contributed by atoms with van der Waals surface area (Å²) in [6, 6.07) is 0.705. The van der Waals surface area contributed by atoms with Crippen LogP contribution in [0, 0.1) is 5.92 Å². The summed E-state index contributed by atoms with van der Waals surface area (Å²) in [5.41, 5.74) is 5.72. The Morgan fingerprint density at radius 1 is 1.40 bits per heavy atom. The first-order valence-electron chi connectivity index (χ1n) is 6.30. The predicted molar refractivity (Wildman–Crippen MR) is 66.0 cm³/mol. The van der Waals surface area contributed by atoms with Gasteiger partial charge in [0.1, 0.15) is 0 Å². The highest BCUT2D eigenvalue weighted by Gasteiger charge is 2.20. The minimum atomic E-state index is 0.705. The van der Waals surface area contributed by atoms with Gasteiger partial charge in [0.2, 0.25) is 0 Å². The molecular weight excluding hydrogens is 186 g/mol. The van der Waals surface area contributed by atoms with Crippen LogP contribution in [0.25, 0.3) is 0 Å². The first-order chi connectivity index (χ1) is 7.17. The number of piperazine rings is 1. The zero-order chi connectivity index (χ0) is 11.3. The number of hydrogen-bond donors (Lipinski definition) is 1. The molecule has 3 nitrogen and oxygen atoms in total. The summed E-state index contributed by atoms with van der Waals surface area (Å²) >= 11 is 0. The van der Waals surface area contributed by atoms with Crippen molar-refractivity contribution < 1.29 is 0 Å². The third-order valence-corrected chi connectivity index (χ3v) is 3.81. The highest BCUT2D eigenvalue weighted by atomic mass is 15.3. The summed E-state index contributed by atoms with van der Waals surface area (Å²) in [5.74, 6) is 0.722. The topological polar surface area (TPSA) is 32.5 Å². The minimum Gasteiger partial charge on any atom is -0.330 e. The molecule has 0 radical (unpaired) electrons. The molecule has 1 rings (SSSR count). The van der Waals surface area contributed by atoms with E-state index < -0.39 is 0 Å². The number of hydrogen-bond acceptors (Lipinski definition) is 3. The Hall–Kier alpha value is -0.120. The molecule has 2 N–H and O–H groups in total. The summed E-state index contributed by atoms with van der Waals surface area (Å²) in [7, 11) is 2.22. The van der Waals surface area contributed by atoms with E-state index in [-0.39, 0.29) is 0 Å². The number of likely N-dealkylation sites (N-methyl/N-ethyl adjacent to an activating group) is 1. The Morgan fingerprint density at radius 2 is 2.13 bits per heavy atom. The molecule has 1 aliphatic rings. The van der Waals surface area contributed by atoms with Gasteiger partial charge in [0, 0.05) is 25.7 Å². The molecule has 0 bridgehead atoms. The molecule has 0 aromatic heterocycles. The second kappa shape index (κ2) is 6.46. The lowest BCUT2D eigenvalue weighted by molar-refractivity contribution is 0.100. The van der Waals surface area contributed by atoms with Crippen LogP contribution < -0.4 is 5.73 Å². The number of nitrogens with zero attached hydrogens (tertiary/aromatic N) is 2. The number of rotatable bonds is 5. The van der Waals surface area contributed by atoms with Gasteiger partial charge in [-0.25, -0.2) is 0 Å². The Morgan fingerprint density at radius 3 is 2.67 bits per heavy atom. The lowest BCUT2D eigenvalue weighted by Crippen LogP contribution is -2.50. The molecule has 3 heteroatoms. The van der Waals surface area contributed by atoms with Gasteiger partial charge in [0.15, 0.2) is 0 Å². The van der Waals surface area contributed by atoms with Crippen LogP contribution in [0.15, 0.2) is 0 Å². The number of nitrogens with two attached hydrogens (primary N) is 1. The fraction of sp³-hybridized carbons (Fsp3) is 1.00. The molecule has 1 heterocycles. The van der Waals surface area contributed by atoms with Crippen LogP contribution in [-0.2, 0) is 0 Å². The smallest absolute Gasteiger partial charge is 0.0192 e. The fourth-order valence-corrected chi connectivity index (χ4v) is 2.18. The van der Waals surface area contributed by atoms with E-state index in [1.54, 1.807) is 0 Å². The molecule has 90 valence electrons. The van der Waals surface area contributed by atoms with Gasteiger partial charge in [-0.2, -0.15) is 0 Å². The van der Waals surface area contributed by atoms with Crippen molar-refractivity contribution in [3.05, 3.63) is 0 Å². The zero-order valence-electron chi connectivity index (χ0n) is 10.6. The van der Waals surface area contributed by atoms with Crippen molar-refractivity contribution in [1.82, 2.24) is 9.80 Å². The third kappa shape index (κ3) is 4.09. The standard InChI is InChI=1S/C12H27N3/c1-4-12(9-13)5-6-15-8-7-14(3)11(2)10-15/h11-12H,4-10,13H2,1-3H3. The molecule has 2 atom stereocenters. The Bertz CT molecular complexity index is 168. The van der Waals surface area contributed by atoms with Crippen molar-refractivity contribution in [2.45, 2.75) is 32.7 Å². The van der Waals surface area contributed by atoms with Crippen molar-refractivity contribution in [1.29, 1.82) is 0 Å². The highest BCUT2D eigenvalue weighted by Crippen LogP contribution is 2.11. The first-order valence-corrected chi connectivity index (χ1v) is 6.30. The van der Waals surface area contributed by atoms with E-state index in [2.05, 4.69) is 30.7 Å². The quantitative estimate of drug-likeness (QED) is 0.739. The molecule has 1 aliphatic heterocycles. The molecule has 2 unspecified atom stereocenters. The average Bonchev–Trinajstić information content (AvgIpc) is 2.24. The molecule has 0 aliphatic carbocycles. The van der Waals surface area contributed by atoms with Gasteiger partial charge in [-0.3, -0.25) is 0 Å². The lowest BCUT2D eigenvalue weighted by Gasteiger charge is -2.38. The summed E-state index contributed by atoms with van der Waals surface area (Å²) in [6.45, 7) is 10.3. The molecule has 15 heavy (non-hydrogen) atoms. The maximum absolute atomic E-state index is 5.72. The molecule has 0 spiro atoms. The average molecular weight is 213 g/mol. The highest BCUT2D eigenvalue weighted by molar-refractivity contribution is 4.77. The van der Waals surface area contributed by atoms with Gasteiger partial charge in [-0.1, -0.05) is 13.3 Å². The SMILES string of the molecule is CCC(CN)CCN1CCN(C)C(C)C1. The maximum Gasteiger partial charge on any atom is 0.0192 e. The van der Waals surface area contributed by atoms with Crippen LogP contribution in [0.1, 0.15) is 26.7 Å². The van der Waals surface area contributed by atoms with Crippen LogP contribution in [0.2, 0.25) is 0 Å². The molecule has 1 saturated heterocycles. The van der Waals surface area contributed by atoms with E-state index in [9.17, 15) is 0 Å². The van der Waals surface area contributed by atoms with Crippen molar-refractivity contribution in [3.8, 4) is 0 Å². The van der Waals surface area contributed by atoms with Gasteiger partial charge in [0.25, 0.3) is 0 Å². The van der Waals surface area contributed by atoms with Crippen LogP contribution in [0.5, 0.6) is 0 Å². The monoisotopic (exact) mass is 213 g/mol.